The molecule has 0 amide bonds. The number of aromatic nitrogens is 1. The van der Waals surface area contributed by atoms with Gasteiger partial charge in [-0.1, -0.05) is 0 Å². The molecule has 0 bridgehead atoms. The van der Waals surface area contributed by atoms with Crippen molar-refractivity contribution in [3.63, 3.8) is 0 Å². The Bertz CT molecular complexity index is 381. The molecule has 1 atom stereocenters. The van der Waals surface area contributed by atoms with E-state index < -0.39 is 0 Å². The Balaban J connectivity index is 1.80. The maximum Gasteiger partial charge on any atom is 0.0930 e. The number of hydrogen-bond acceptors (Lipinski definition) is 4. The minimum Gasteiger partial charge on any atom is -0.393 e. The second-order valence-electron chi connectivity index (χ2n) is 6.05. The van der Waals surface area contributed by atoms with Crippen LogP contribution in [0.15, 0.2) is 6.20 Å². The van der Waals surface area contributed by atoms with Crippen molar-refractivity contribution in [1.29, 1.82) is 0 Å². The molecule has 1 aromatic heterocycles. The van der Waals surface area contributed by atoms with Crippen LogP contribution < -0.4 is 0 Å². The summed E-state index contributed by atoms with van der Waals surface area (Å²) in [7, 11) is 0. The molecule has 0 aliphatic carbocycles. The fourth-order valence-corrected chi connectivity index (χ4v) is 3.91. The van der Waals surface area contributed by atoms with Crippen LogP contribution in [0, 0.1) is 5.92 Å². The number of likely N-dealkylation sites (tertiary alicyclic amines) is 1. The molecule has 19 heavy (non-hydrogen) atoms. The Labute approximate surface area is 120 Å². The standard InChI is InChI=1S/C15H26N2OS/c1-11(2)17-6-4-13(5-7-17)9-15-16-10-14(19-15)8-12(3)18/h10-13,18H,4-9H2,1-3H3. The Kier molecular flexibility index (Phi) is 5.37. The van der Waals surface area contributed by atoms with Gasteiger partial charge in [-0.2, -0.15) is 0 Å². The van der Waals surface area contributed by atoms with Gasteiger partial charge >= 0.3 is 0 Å². The molecule has 0 saturated carbocycles. The second-order valence-corrected chi connectivity index (χ2v) is 7.25. The molecule has 108 valence electrons. The number of aliphatic hydroxyl groups excluding tert-OH is 1. The molecule has 1 aliphatic rings. The molecule has 1 unspecified atom stereocenters. The van der Waals surface area contributed by atoms with E-state index in [1.807, 2.05) is 13.1 Å². The summed E-state index contributed by atoms with van der Waals surface area (Å²) >= 11 is 1.78. The molecular weight excluding hydrogens is 256 g/mol. The lowest BCUT2D eigenvalue weighted by Crippen LogP contribution is -2.38. The molecule has 1 N–H and O–H groups in total. The average molecular weight is 282 g/mol. The topological polar surface area (TPSA) is 36.4 Å². The Hall–Kier alpha value is -0.450. The summed E-state index contributed by atoms with van der Waals surface area (Å²) < 4.78 is 0. The Morgan fingerprint density at radius 1 is 1.37 bits per heavy atom. The molecule has 0 spiro atoms. The molecule has 0 radical (unpaired) electrons. The SMILES string of the molecule is CC(O)Cc1cnc(CC2CCN(C(C)C)CC2)s1. The third kappa shape index (κ3) is 4.55. The fraction of sp³-hybridized carbons (Fsp3) is 0.800. The normalized spacial score (nSPS) is 20.1. The first kappa shape index (κ1) is 14.9. The lowest BCUT2D eigenvalue weighted by atomic mass is 9.93. The van der Waals surface area contributed by atoms with E-state index in [2.05, 4.69) is 23.7 Å². The van der Waals surface area contributed by atoms with E-state index in [0.717, 1.165) is 18.8 Å². The van der Waals surface area contributed by atoms with Gasteiger partial charge in [0.05, 0.1) is 11.1 Å². The summed E-state index contributed by atoms with van der Waals surface area (Å²) in [5.41, 5.74) is 0. The number of nitrogens with zero attached hydrogens (tertiary/aromatic N) is 2. The van der Waals surface area contributed by atoms with Crippen molar-refractivity contribution < 1.29 is 5.11 Å². The van der Waals surface area contributed by atoms with Crippen molar-refractivity contribution in [2.75, 3.05) is 13.1 Å². The summed E-state index contributed by atoms with van der Waals surface area (Å²) in [5, 5.41) is 10.6. The zero-order valence-electron chi connectivity index (χ0n) is 12.3. The smallest absolute Gasteiger partial charge is 0.0930 e. The lowest BCUT2D eigenvalue weighted by Gasteiger charge is -2.34. The third-order valence-electron chi connectivity index (χ3n) is 3.94. The first-order valence-electron chi connectivity index (χ1n) is 7.40. The van der Waals surface area contributed by atoms with Crippen LogP contribution in [0.25, 0.3) is 0 Å². The van der Waals surface area contributed by atoms with Crippen molar-refractivity contribution in [2.24, 2.45) is 5.92 Å². The quantitative estimate of drug-likeness (QED) is 0.902. The molecule has 2 heterocycles. The van der Waals surface area contributed by atoms with Crippen LogP contribution in [-0.2, 0) is 12.8 Å². The van der Waals surface area contributed by atoms with E-state index in [0.29, 0.717) is 6.04 Å². The predicted octanol–water partition coefficient (Wildman–Crippen LogP) is 2.73. The minimum absolute atomic E-state index is 0.261. The van der Waals surface area contributed by atoms with Crippen molar-refractivity contribution in [3.8, 4) is 0 Å². The van der Waals surface area contributed by atoms with Gasteiger partial charge in [0.15, 0.2) is 0 Å². The highest BCUT2D eigenvalue weighted by Crippen LogP contribution is 2.25. The van der Waals surface area contributed by atoms with Gasteiger partial charge in [0, 0.05) is 30.0 Å². The largest absolute Gasteiger partial charge is 0.393 e. The van der Waals surface area contributed by atoms with E-state index in [-0.39, 0.29) is 6.10 Å². The van der Waals surface area contributed by atoms with Crippen molar-refractivity contribution in [2.45, 2.75) is 58.6 Å². The summed E-state index contributed by atoms with van der Waals surface area (Å²) in [6, 6.07) is 0.679. The highest BCUT2D eigenvalue weighted by atomic mass is 32.1. The molecular formula is C15H26N2OS. The van der Waals surface area contributed by atoms with Crippen molar-refractivity contribution >= 4 is 11.3 Å². The molecule has 3 nitrogen and oxygen atoms in total. The third-order valence-corrected chi connectivity index (χ3v) is 4.98. The van der Waals surface area contributed by atoms with Crippen LogP contribution in [0.5, 0.6) is 0 Å². The van der Waals surface area contributed by atoms with Crippen molar-refractivity contribution in [3.05, 3.63) is 16.1 Å². The number of thiazole rings is 1. The van der Waals surface area contributed by atoms with Crippen LogP contribution >= 0.6 is 11.3 Å². The molecule has 1 saturated heterocycles. The zero-order chi connectivity index (χ0) is 13.8. The van der Waals surface area contributed by atoms with Crippen LogP contribution in [-0.4, -0.2) is 40.2 Å². The van der Waals surface area contributed by atoms with E-state index in [9.17, 15) is 5.11 Å². The molecule has 0 aromatic carbocycles. The van der Waals surface area contributed by atoms with Gasteiger partial charge in [-0.15, -0.1) is 11.3 Å². The van der Waals surface area contributed by atoms with Crippen LogP contribution in [0.2, 0.25) is 0 Å². The zero-order valence-corrected chi connectivity index (χ0v) is 13.1. The first-order valence-corrected chi connectivity index (χ1v) is 8.22. The van der Waals surface area contributed by atoms with E-state index >= 15 is 0 Å². The van der Waals surface area contributed by atoms with Gasteiger partial charge in [-0.3, -0.25) is 0 Å². The number of aliphatic hydroxyl groups is 1. The van der Waals surface area contributed by atoms with Crippen LogP contribution in [0.3, 0.4) is 0 Å². The predicted molar refractivity (Wildman–Crippen MR) is 80.6 cm³/mol. The number of rotatable bonds is 5. The Morgan fingerprint density at radius 3 is 2.63 bits per heavy atom. The van der Waals surface area contributed by atoms with Gasteiger partial charge in [0.2, 0.25) is 0 Å². The van der Waals surface area contributed by atoms with Crippen LogP contribution in [0.4, 0.5) is 0 Å². The summed E-state index contributed by atoms with van der Waals surface area (Å²) in [4.78, 5) is 8.29. The summed E-state index contributed by atoms with van der Waals surface area (Å²) in [6.45, 7) is 8.86. The maximum absolute atomic E-state index is 9.39. The number of hydrogen-bond donors (Lipinski definition) is 1. The first-order chi connectivity index (χ1) is 9.04. The van der Waals surface area contributed by atoms with E-state index in [1.165, 1.54) is 35.8 Å². The van der Waals surface area contributed by atoms with Crippen molar-refractivity contribution in [1.82, 2.24) is 9.88 Å². The fourth-order valence-electron chi connectivity index (χ4n) is 2.75. The van der Waals surface area contributed by atoms with Gasteiger partial charge in [-0.25, -0.2) is 4.98 Å². The highest BCUT2D eigenvalue weighted by molar-refractivity contribution is 7.11. The molecule has 4 heteroatoms. The highest BCUT2D eigenvalue weighted by Gasteiger charge is 2.21. The van der Waals surface area contributed by atoms with Crippen LogP contribution in [0.1, 0.15) is 43.5 Å². The minimum atomic E-state index is -0.261. The summed E-state index contributed by atoms with van der Waals surface area (Å²) in [5.74, 6) is 0.792. The summed E-state index contributed by atoms with van der Waals surface area (Å²) in [6.07, 6.45) is 6.13. The molecule has 1 aromatic rings. The average Bonchev–Trinajstić information content (AvgIpc) is 2.76. The number of piperidine rings is 1. The maximum atomic E-state index is 9.39. The molecule has 1 aliphatic heterocycles. The van der Waals surface area contributed by atoms with E-state index in [4.69, 9.17) is 0 Å². The Morgan fingerprint density at radius 2 is 2.05 bits per heavy atom. The van der Waals surface area contributed by atoms with Gasteiger partial charge in [0.25, 0.3) is 0 Å². The monoisotopic (exact) mass is 282 g/mol. The molecule has 2 rings (SSSR count). The lowest BCUT2D eigenvalue weighted by molar-refractivity contribution is 0.149. The van der Waals surface area contributed by atoms with Gasteiger partial charge in [-0.05, 0) is 52.6 Å². The second kappa shape index (κ2) is 6.82. The molecule has 1 fully saturated rings. The van der Waals surface area contributed by atoms with E-state index in [1.54, 1.807) is 11.3 Å². The van der Waals surface area contributed by atoms with Gasteiger partial charge < -0.3 is 10.0 Å². The van der Waals surface area contributed by atoms with Gasteiger partial charge in [0.1, 0.15) is 0 Å².